The highest BCUT2D eigenvalue weighted by atomic mass is 16.3. The van der Waals surface area contributed by atoms with Gasteiger partial charge in [-0.25, -0.2) is 4.98 Å². The molecule has 0 saturated heterocycles. The molecular formula is C15H20N4O. The standard InChI is InChI=1S/C15H20N4O/c1-11-5-4-8-15(9-11,10-20)17-14-16-12-6-2-3-7-13(12)18-19-14/h2-3,6-7,11,20H,4-5,8-10H2,1H3,(H,16,17,19). The summed E-state index contributed by atoms with van der Waals surface area (Å²) >= 11 is 0. The summed E-state index contributed by atoms with van der Waals surface area (Å²) in [6, 6.07) is 7.67. The van der Waals surface area contributed by atoms with E-state index in [0.29, 0.717) is 11.9 Å². The van der Waals surface area contributed by atoms with Crippen molar-refractivity contribution in [2.24, 2.45) is 5.92 Å². The molecule has 0 spiro atoms. The summed E-state index contributed by atoms with van der Waals surface area (Å²) in [5.41, 5.74) is 1.30. The van der Waals surface area contributed by atoms with Crippen LogP contribution in [0.25, 0.3) is 11.0 Å². The molecule has 1 aliphatic rings. The van der Waals surface area contributed by atoms with Gasteiger partial charge in [-0.1, -0.05) is 31.9 Å². The first-order valence-electron chi connectivity index (χ1n) is 7.19. The molecule has 5 nitrogen and oxygen atoms in total. The second kappa shape index (κ2) is 5.32. The van der Waals surface area contributed by atoms with Gasteiger partial charge in [-0.3, -0.25) is 0 Å². The minimum Gasteiger partial charge on any atom is -0.394 e. The van der Waals surface area contributed by atoms with Gasteiger partial charge < -0.3 is 10.4 Å². The highest BCUT2D eigenvalue weighted by Crippen LogP contribution is 2.34. The van der Waals surface area contributed by atoms with Crippen LogP contribution >= 0.6 is 0 Å². The number of aromatic nitrogens is 3. The van der Waals surface area contributed by atoms with Gasteiger partial charge >= 0.3 is 0 Å². The predicted octanol–water partition coefficient (Wildman–Crippen LogP) is 2.38. The van der Waals surface area contributed by atoms with E-state index in [1.807, 2.05) is 24.3 Å². The normalized spacial score (nSPS) is 26.6. The number of aliphatic hydroxyl groups is 1. The van der Waals surface area contributed by atoms with Crippen LogP contribution in [-0.4, -0.2) is 32.4 Å². The number of anilines is 1. The number of nitrogens with zero attached hydrogens (tertiary/aromatic N) is 3. The topological polar surface area (TPSA) is 70.9 Å². The van der Waals surface area contributed by atoms with Crippen molar-refractivity contribution in [2.45, 2.75) is 38.1 Å². The van der Waals surface area contributed by atoms with Crippen LogP contribution in [-0.2, 0) is 0 Å². The molecule has 0 amide bonds. The summed E-state index contributed by atoms with van der Waals surface area (Å²) in [5, 5.41) is 21.4. The number of aliphatic hydroxyl groups excluding tert-OH is 1. The first-order chi connectivity index (χ1) is 9.71. The lowest BCUT2D eigenvalue weighted by molar-refractivity contribution is 0.149. The molecule has 2 unspecified atom stereocenters. The van der Waals surface area contributed by atoms with Crippen molar-refractivity contribution in [1.29, 1.82) is 0 Å². The Balaban J connectivity index is 1.87. The average molecular weight is 272 g/mol. The van der Waals surface area contributed by atoms with Crippen molar-refractivity contribution < 1.29 is 5.11 Å². The summed E-state index contributed by atoms with van der Waals surface area (Å²) in [4.78, 5) is 4.49. The molecule has 2 N–H and O–H groups in total. The Morgan fingerprint density at radius 1 is 1.30 bits per heavy atom. The van der Waals surface area contributed by atoms with Gasteiger partial charge in [0, 0.05) is 0 Å². The molecule has 1 aliphatic carbocycles. The van der Waals surface area contributed by atoms with Crippen molar-refractivity contribution in [3.8, 4) is 0 Å². The Morgan fingerprint density at radius 2 is 2.10 bits per heavy atom. The lowest BCUT2D eigenvalue weighted by Gasteiger charge is -2.39. The van der Waals surface area contributed by atoms with Gasteiger partial charge in [-0.15, -0.1) is 10.2 Å². The van der Waals surface area contributed by atoms with Gasteiger partial charge in [0.15, 0.2) is 0 Å². The van der Waals surface area contributed by atoms with Gasteiger partial charge in [-0.2, -0.15) is 0 Å². The third-order valence-corrected chi connectivity index (χ3v) is 4.13. The van der Waals surface area contributed by atoms with E-state index in [1.165, 1.54) is 6.42 Å². The molecule has 2 aromatic rings. The first kappa shape index (κ1) is 13.2. The summed E-state index contributed by atoms with van der Waals surface area (Å²) in [7, 11) is 0. The Morgan fingerprint density at radius 3 is 2.85 bits per heavy atom. The molecule has 5 heteroatoms. The molecule has 1 aromatic carbocycles. The Labute approximate surface area is 118 Å². The van der Waals surface area contributed by atoms with Gasteiger partial charge in [-0.05, 0) is 30.9 Å². The van der Waals surface area contributed by atoms with Crippen molar-refractivity contribution in [3.63, 3.8) is 0 Å². The molecule has 1 heterocycles. The monoisotopic (exact) mass is 272 g/mol. The maximum absolute atomic E-state index is 9.80. The number of hydrogen-bond donors (Lipinski definition) is 2. The highest BCUT2D eigenvalue weighted by molar-refractivity contribution is 5.74. The molecule has 1 fully saturated rings. The largest absolute Gasteiger partial charge is 0.394 e. The molecule has 1 saturated carbocycles. The van der Waals surface area contributed by atoms with E-state index in [1.54, 1.807) is 0 Å². The number of fused-ring (bicyclic) bond motifs is 1. The molecule has 0 aliphatic heterocycles. The average Bonchev–Trinajstić information content (AvgIpc) is 2.47. The van der Waals surface area contributed by atoms with Crippen LogP contribution < -0.4 is 5.32 Å². The van der Waals surface area contributed by atoms with Gasteiger partial charge in [0.2, 0.25) is 5.95 Å². The fourth-order valence-corrected chi connectivity index (χ4v) is 3.13. The smallest absolute Gasteiger partial charge is 0.243 e. The van der Waals surface area contributed by atoms with Crippen LogP contribution in [0.3, 0.4) is 0 Å². The van der Waals surface area contributed by atoms with E-state index in [0.717, 1.165) is 30.3 Å². The van der Waals surface area contributed by atoms with Gasteiger partial charge in [0.25, 0.3) is 0 Å². The highest BCUT2D eigenvalue weighted by Gasteiger charge is 2.35. The molecule has 1 aromatic heterocycles. The molecule has 106 valence electrons. The Bertz CT molecular complexity index is 603. The summed E-state index contributed by atoms with van der Waals surface area (Å²) in [5.74, 6) is 1.11. The van der Waals surface area contributed by atoms with E-state index in [2.05, 4.69) is 27.4 Å². The lowest BCUT2D eigenvalue weighted by Crippen LogP contribution is -2.46. The minimum absolute atomic E-state index is 0.105. The minimum atomic E-state index is -0.304. The Hall–Kier alpha value is -1.75. The SMILES string of the molecule is CC1CCCC(CO)(Nc2nnc3ccccc3n2)C1. The van der Waals surface area contributed by atoms with Crippen LogP contribution in [0, 0.1) is 5.92 Å². The van der Waals surface area contributed by atoms with E-state index >= 15 is 0 Å². The lowest BCUT2D eigenvalue weighted by atomic mass is 9.77. The molecule has 0 radical (unpaired) electrons. The number of hydrogen-bond acceptors (Lipinski definition) is 5. The van der Waals surface area contributed by atoms with Gasteiger partial charge in [0.1, 0.15) is 5.52 Å². The van der Waals surface area contributed by atoms with E-state index in [4.69, 9.17) is 0 Å². The zero-order valence-electron chi connectivity index (χ0n) is 11.7. The third-order valence-electron chi connectivity index (χ3n) is 4.13. The van der Waals surface area contributed by atoms with Crippen molar-refractivity contribution >= 4 is 17.0 Å². The Kier molecular flexibility index (Phi) is 3.53. The first-order valence-corrected chi connectivity index (χ1v) is 7.19. The van der Waals surface area contributed by atoms with Crippen LogP contribution in [0.4, 0.5) is 5.95 Å². The van der Waals surface area contributed by atoms with Crippen LogP contribution in [0.2, 0.25) is 0 Å². The van der Waals surface area contributed by atoms with Crippen molar-refractivity contribution in [2.75, 3.05) is 11.9 Å². The van der Waals surface area contributed by atoms with Crippen molar-refractivity contribution in [3.05, 3.63) is 24.3 Å². The quantitative estimate of drug-likeness (QED) is 0.897. The fraction of sp³-hybridized carbons (Fsp3) is 0.533. The molecule has 20 heavy (non-hydrogen) atoms. The summed E-state index contributed by atoms with van der Waals surface area (Å²) in [6.45, 7) is 2.33. The second-order valence-electron chi connectivity index (χ2n) is 5.89. The van der Waals surface area contributed by atoms with Gasteiger partial charge in [0.05, 0.1) is 17.7 Å². The molecule has 3 rings (SSSR count). The maximum Gasteiger partial charge on any atom is 0.243 e. The molecular weight excluding hydrogens is 252 g/mol. The summed E-state index contributed by atoms with van der Waals surface area (Å²) in [6.07, 6.45) is 4.24. The number of benzene rings is 1. The maximum atomic E-state index is 9.80. The third kappa shape index (κ3) is 2.58. The van der Waals surface area contributed by atoms with E-state index in [9.17, 15) is 5.11 Å². The zero-order valence-corrected chi connectivity index (χ0v) is 11.7. The van der Waals surface area contributed by atoms with Crippen LogP contribution in [0.15, 0.2) is 24.3 Å². The summed E-state index contributed by atoms with van der Waals surface area (Å²) < 4.78 is 0. The van der Waals surface area contributed by atoms with E-state index < -0.39 is 0 Å². The number of nitrogens with one attached hydrogen (secondary N) is 1. The predicted molar refractivity (Wildman–Crippen MR) is 78.4 cm³/mol. The van der Waals surface area contributed by atoms with Crippen LogP contribution in [0.1, 0.15) is 32.6 Å². The van der Waals surface area contributed by atoms with E-state index in [-0.39, 0.29) is 12.1 Å². The van der Waals surface area contributed by atoms with Crippen molar-refractivity contribution in [1.82, 2.24) is 15.2 Å². The molecule has 0 bridgehead atoms. The second-order valence-corrected chi connectivity index (χ2v) is 5.89. The number of rotatable bonds is 3. The molecule has 2 atom stereocenters. The number of para-hydroxylation sites is 1. The zero-order chi connectivity index (χ0) is 14.0. The van der Waals surface area contributed by atoms with Crippen LogP contribution in [0.5, 0.6) is 0 Å². The fourth-order valence-electron chi connectivity index (χ4n) is 3.13.